The second kappa shape index (κ2) is 6.34. The molecule has 0 unspecified atom stereocenters. The van der Waals surface area contributed by atoms with Gasteiger partial charge in [0.1, 0.15) is 0 Å². The van der Waals surface area contributed by atoms with E-state index in [9.17, 15) is 9.59 Å². The Bertz CT molecular complexity index is 919. The van der Waals surface area contributed by atoms with Gasteiger partial charge in [0.25, 0.3) is 5.56 Å². The van der Waals surface area contributed by atoms with Gasteiger partial charge < -0.3 is 9.72 Å². The van der Waals surface area contributed by atoms with E-state index >= 15 is 0 Å². The second-order valence-corrected chi connectivity index (χ2v) is 5.94. The fraction of sp³-hybridized carbons (Fsp3) is 0.118. The van der Waals surface area contributed by atoms with Crippen LogP contribution in [-0.2, 0) is 4.74 Å². The number of benzene rings is 2. The zero-order chi connectivity index (χ0) is 16.4. The molecule has 116 valence electrons. The lowest BCUT2D eigenvalue weighted by Crippen LogP contribution is -2.17. The number of carbonyl (C=O) groups excluding carboxylic acids is 1. The molecular formula is C17H13BrN2O3. The van der Waals surface area contributed by atoms with Crippen LogP contribution in [0.2, 0.25) is 0 Å². The van der Waals surface area contributed by atoms with Gasteiger partial charge in [-0.2, -0.15) is 0 Å². The van der Waals surface area contributed by atoms with Crippen LogP contribution < -0.4 is 5.56 Å². The Morgan fingerprint density at radius 1 is 1.17 bits per heavy atom. The molecule has 1 aromatic heterocycles. The highest BCUT2D eigenvalue weighted by Gasteiger charge is 2.16. The van der Waals surface area contributed by atoms with Gasteiger partial charge in [-0.15, -0.1) is 0 Å². The van der Waals surface area contributed by atoms with E-state index < -0.39 is 12.1 Å². The van der Waals surface area contributed by atoms with Gasteiger partial charge in [0, 0.05) is 4.47 Å². The maximum absolute atomic E-state index is 12.1. The lowest BCUT2D eigenvalue weighted by Gasteiger charge is -2.13. The molecule has 3 rings (SSSR count). The monoisotopic (exact) mass is 372 g/mol. The summed E-state index contributed by atoms with van der Waals surface area (Å²) in [7, 11) is 0. The van der Waals surface area contributed by atoms with E-state index in [1.807, 2.05) is 0 Å². The molecule has 23 heavy (non-hydrogen) atoms. The van der Waals surface area contributed by atoms with Gasteiger partial charge in [0.15, 0.2) is 11.9 Å². The van der Waals surface area contributed by atoms with Gasteiger partial charge in [-0.3, -0.25) is 4.79 Å². The molecule has 0 aliphatic carbocycles. The van der Waals surface area contributed by atoms with Gasteiger partial charge in [-0.05, 0) is 43.3 Å². The quantitative estimate of drug-likeness (QED) is 0.712. The van der Waals surface area contributed by atoms with E-state index in [0.29, 0.717) is 22.3 Å². The first-order valence-electron chi connectivity index (χ1n) is 7.00. The van der Waals surface area contributed by atoms with E-state index in [-0.39, 0.29) is 5.56 Å². The molecule has 6 heteroatoms. The largest absolute Gasteiger partial charge is 0.451 e. The summed E-state index contributed by atoms with van der Waals surface area (Å²) < 4.78 is 6.26. The molecule has 1 heterocycles. The molecule has 0 fully saturated rings. The van der Waals surface area contributed by atoms with Gasteiger partial charge in [-0.1, -0.05) is 28.1 Å². The molecular weight excluding hydrogens is 360 g/mol. The normalized spacial score (nSPS) is 12.1. The van der Waals surface area contributed by atoms with Crippen LogP contribution in [0.25, 0.3) is 10.9 Å². The number of aromatic nitrogens is 2. The van der Waals surface area contributed by atoms with Crippen LogP contribution in [0, 0.1) is 0 Å². The van der Waals surface area contributed by atoms with Crippen molar-refractivity contribution in [2.45, 2.75) is 13.0 Å². The third kappa shape index (κ3) is 3.32. The zero-order valence-corrected chi connectivity index (χ0v) is 13.8. The summed E-state index contributed by atoms with van der Waals surface area (Å²) in [6.45, 7) is 1.67. The molecule has 2 aromatic carbocycles. The van der Waals surface area contributed by atoms with Crippen molar-refractivity contribution in [1.29, 1.82) is 0 Å². The van der Waals surface area contributed by atoms with Crippen molar-refractivity contribution >= 4 is 32.8 Å². The first kappa shape index (κ1) is 15.4. The average molecular weight is 373 g/mol. The van der Waals surface area contributed by atoms with Crippen LogP contribution in [0.15, 0.2) is 57.8 Å². The van der Waals surface area contributed by atoms with Crippen molar-refractivity contribution in [2.24, 2.45) is 0 Å². The predicted octanol–water partition coefficient (Wildman–Crippen LogP) is 3.60. The van der Waals surface area contributed by atoms with Gasteiger partial charge >= 0.3 is 5.97 Å². The first-order chi connectivity index (χ1) is 11.0. The molecule has 0 saturated heterocycles. The fourth-order valence-corrected chi connectivity index (χ4v) is 2.43. The molecule has 0 saturated carbocycles. The number of esters is 1. The number of halogens is 1. The minimum Gasteiger partial charge on any atom is -0.451 e. The highest BCUT2D eigenvalue weighted by molar-refractivity contribution is 9.10. The Hall–Kier alpha value is -2.47. The molecule has 3 aromatic rings. The highest BCUT2D eigenvalue weighted by Crippen LogP contribution is 2.17. The maximum atomic E-state index is 12.1. The number of ether oxygens (including phenoxy) is 1. The number of rotatable bonds is 3. The van der Waals surface area contributed by atoms with Gasteiger partial charge in [0.2, 0.25) is 0 Å². The Labute approximate surface area is 140 Å². The van der Waals surface area contributed by atoms with E-state index in [1.54, 1.807) is 55.5 Å². The van der Waals surface area contributed by atoms with Crippen molar-refractivity contribution in [2.75, 3.05) is 0 Å². The van der Waals surface area contributed by atoms with Crippen LogP contribution in [0.3, 0.4) is 0 Å². The number of fused-ring (bicyclic) bond motifs is 1. The zero-order valence-electron chi connectivity index (χ0n) is 12.2. The molecule has 5 nitrogen and oxygen atoms in total. The van der Waals surface area contributed by atoms with Crippen molar-refractivity contribution in [1.82, 2.24) is 9.97 Å². The number of hydrogen-bond donors (Lipinski definition) is 1. The topological polar surface area (TPSA) is 72.0 Å². The molecule has 0 spiro atoms. The summed E-state index contributed by atoms with van der Waals surface area (Å²) in [6, 6.07) is 13.9. The van der Waals surface area contributed by atoms with Crippen LogP contribution in [-0.4, -0.2) is 15.9 Å². The SMILES string of the molecule is C[C@H](OC(=O)c1ccc(Br)cc1)c1nc2ccccc2c(=O)[nH]1. The molecule has 0 bridgehead atoms. The maximum Gasteiger partial charge on any atom is 0.338 e. The van der Waals surface area contributed by atoms with E-state index in [2.05, 4.69) is 25.9 Å². The first-order valence-corrected chi connectivity index (χ1v) is 7.79. The van der Waals surface area contributed by atoms with Crippen LogP contribution in [0.1, 0.15) is 29.2 Å². The minimum atomic E-state index is -0.663. The lowest BCUT2D eigenvalue weighted by molar-refractivity contribution is 0.0320. The van der Waals surface area contributed by atoms with Crippen LogP contribution >= 0.6 is 15.9 Å². The number of para-hydroxylation sites is 1. The molecule has 0 radical (unpaired) electrons. The third-order valence-electron chi connectivity index (χ3n) is 3.38. The van der Waals surface area contributed by atoms with Gasteiger partial charge in [0.05, 0.1) is 16.5 Å². The standard InChI is InChI=1S/C17H13BrN2O3/c1-10(23-17(22)11-6-8-12(18)9-7-11)15-19-14-5-3-2-4-13(14)16(21)20-15/h2-10H,1H3,(H,19,20,21)/t10-/m0/s1. The number of nitrogens with zero attached hydrogens (tertiary/aromatic N) is 1. The van der Waals surface area contributed by atoms with E-state index in [0.717, 1.165) is 4.47 Å². The fourth-order valence-electron chi connectivity index (χ4n) is 2.17. The lowest BCUT2D eigenvalue weighted by atomic mass is 10.2. The van der Waals surface area contributed by atoms with Crippen molar-refractivity contribution in [3.63, 3.8) is 0 Å². The minimum absolute atomic E-state index is 0.253. The summed E-state index contributed by atoms with van der Waals surface area (Å²) in [5, 5.41) is 0.502. The number of hydrogen-bond acceptors (Lipinski definition) is 4. The Morgan fingerprint density at radius 2 is 1.87 bits per heavy atom. The Kier molecular flexibility index (Phi) is 4.25. The van der Waals surface area contributed by atoms with Crippen molar-refractivity contribution in [3.05, 3.63) is 74.7 Å². The van der Waals surface area contributed by atoms with Crippen LogP contribution in [0.4, 0.5) is 0 Å². The van der Waals surface area contributed by atoms with Crippen LogP contribution in [0.5, 0.6) is 0 Å². The molecule has 1 atom stereocenters. The smallest absolute Gasteiger partial charge is 0.338 e. The van der Waals surface area contributed by atoms with E-state index in [4.69, 9.17) is 4.74 Å². The highest BCUT2D eigenvalue weighted by atomic mass is 79.9. The summed E-state index contributed by atoms with van der Waals surface area (Å²) >= 11 is 3.31. The summed E-state index contributed by atoms with van der Waals surface area (Å²) in [5.41, 5.74) is 0.748. The molecule has 0 amide bonds. The van der Waals surface area contributed by atoms with E-state index in [1.165, 1.54) is 0 Å². The van der Waals surface area contributed by atoms with Crippen molar-refractivity contribution in [3.8, 4) is 0 Å². The number of aromatic amines is 1. The predicted molar refractivity (Wildman–Crippen MR) is 90.3 cm³/mol. The van der Waals surface area contributed by atoms with Crippen molar-refractivity contribution < 1.29 is 9.53 Å². The summed E-state index contributed by atoms with van der Waals surface area (Å²) in [4.78, 5) is 31.2. The number of carbonyl (C=O) groups is 1. The number of H-pyrrole nitrogens is 1. The number of nitrogens with one attached hydrogen (secondary N) is 1. The summed E-state index contributed by atoms with van der Waals surface area (Å²) in [6.07, 6.45) is -0.663. The third-order valence-corrected chi connectivity index (χ3v) is 3.91. The average Bonchev–Trinajstić information content (AvgIpc) is 2.55. The second-order valence-electron chi connectivity index (χ2n) is 5.02. The molecule has 1 N–H and O–H groups in total. The molecule has 0 aliphatic rings. The Balaban J connectivity index is 1.85. The van der Waals surface area contributed by atoms with Gasteiger partial charge in [-0.25, -0.2) is 9.78 Å². The summed E-state index contributed by atoms with van der Waals surface area (Å²) in [5.74, 6) is -0.153. The Morgan fingerprint density at radius 3 is 2.61 bits per heavy atom. The molecule has 0 aliphatic heterocycles.